The summed E-state index contributed by atoms with van der Waals surface area (Å²) in [7, 11) is 0. The predicted octanol–water partition coefficient (Wildman–Crippen LogP) is 1.57. The van der Waals surface area contributed by atoms with Crippen LogP contribution in [0.4, 0.5) is 5.82 Å². The van der Waals surface area contributed by atoms with Crippen LogP contribution in [0, 0.1) is 11.3 Å². The Kier molecular flexibility index (Phi) is 3.61. The number of nitrogens with one attached hydrogen (secondary N) is 1. The minimum Gasteiger partial charge on any atom is -0.346 e. The number of nitriles is 1. The molecular weight excluding hydrogens is 308 g/mol. The second kappa shape index (κ2) is 5.92. The maximum atomic E-state index is 12.0. The van der Waals surface area contributed by atoms with E-state index >= 15 is 0 Å². The molecule has 1 atom stereocenters. The van der Waals surface area contributed by atoms with Crippen molar-refractivity contribution in [3.8, 4) is 6.07 Å². The number of rotatable bonds is 4. The Labute approximate surface area is 138 Å². The average Bonchev–Trinajstić information content (AvgIpc) is 3.11. The fourth-order valence-corrected chi connectivity index (χ4v) is 2.86. The summed E-state index contributed by atoms with van der Waals surface area (Å²) in [5, 5.41) is 15.5. The van der Waals surface area contributed by atoms with Gasteiger partial charge in [0.15, 0.2) is 0 Å². The molecule has 2 aliphatic rings. The molecule has 1 aliphatic carbocycles. The number of aromatic nitrogens is 3. The molecule has 0 bridgehead atoms. The van der Waals surface area contributed by atoms with Crippen molar-refractivity contribution in [2.75, 3.05) is 11.4 Å². The number of carbonyl (C=O) groups is 1. The van der Waals surface area contributed by atoms with Crippen molar-refractivity contribution in [3.05, 3.63) is 35.6 Å². The van der Waals surface area contributed by atoms with E-state index in [2.05, 4.69) is 31.4 Å². The van der Waals surface area contributed by atoms with Gasteiger partial charge in [0.25, 0.3) is 11.7 Å². The highest BCUT2D eigenvalue weighted by molar-refractivity contribution is 5.90. The Morgan fingerprint density at radius 2 is 2.25 bits per heavy atom. The summed E-state index contributed by atoms with van der Waals surface area (Å²) in [4.78, 5) is 22.7. The number of hydrogen-bond donors (Lipinski definition) is 1. The van der Waals surface area contributed by atoms with Crippen molar-refractivity contribution >= 4 is 11.7 Å². The summed E-state index contributed by atoms with van der Waals surface area (Å²) in [5.41, 5.74) is 0.520. The van der Waals surface area contributed by atoms with Gasteiger partial charge in [0, 0.05) is 18.8 Å². The molecule has 4 rings (SSSR count). The molecule has 3 heterocycles. The average molecular weight is 324 g/mol. The Balaban J connectivity index is 1.52. The van der Waals surface area contributed by atoms with Gasteiger partial charge in [-0.2, -0.15) is 10.2 Å². The maximum absolute atomic E-state index is 12.0. The third kappa shape index (κ3) is 2.80. The number of nitrogens with zero attached hydrogens (tertiary/aromatic N) is 5. The molecule has 1 saturated heterocycles. The van der Waals surface area contributed by atoms with Crippen LogP contribution in [0.15, 0.2) is 22.9 Å². The molecule has 2 fully saturated rings. The molecule has 8 heteroatoms. The summed E-state index contributed by atoms with van der Waals surface area (Å²) in [6, 6.07) is 5.77. The largest absolute Gasteiger partial charge is 0.346 e. The summed E-state index contributed by atoms with van der Waals surface area (Å²) < 4.78 is 5.32. The topological polar surface area (TPSA) is 108 Å². The quantitative estimate of drug-likeness (QED) is 0.909. The van der Waals surface area contributed by atoms with Gasteiger partial charge in [-0.3, -0.25) is 4.79 Å². The predicted molar refractivity (Wildman–Crippen MR) is 83.1 cm³/mol. The number of pyridine rings is 1. The molecular formula is C16H16N6O2. The van der Waals surface area contributed by atoms with E-state index in [0.717, 1.165) is 38.0 Å². The van der Waals surface area contributed by atoms with Gasteiger partial charge in [0.1, 0.15) is 17.9 Å². The molecule has 1 N–H and O–H groups in total. The minimum atomic E-state index is -0.284. The molecule has 0 radical (unpaired) electrons. The van der Waals surface area contributed by atoms with Crippen molar-refractivity contribution in [2.45, 2.75) is 37.8 Å². The van der Waals surface area contributed by atoms with Gasteiger partial charge in [0.2, 0.25) is 5.89 Å². The lowest BCUT2D eigenvalue weighted by Gasteiger charge is -2.22. The van der Waals surface area contributed by atoms with Crippen LogP contribution in [0.1, 0.15) is 53.8 Å². The van der Waals surface area contributed by atoms with Gasteiger partial charge in [-0.1, -0.05) is 5.16 Å². The second-order valence-electron chi connectivity index (χ2n) is 6.07. The highest BCUT2D eigenvalue weighted by atomic mass is 16.5. The summed E-state index contributed by atoms with van der Waals surface area (Å²) in [6.07, 6.45) is 5.40. The smallest absolute Gasteiger partial charge is 0.292 e. The Bertz CT molecular complexity index is 790. The molecule has 1 saturated carbocycles. The van der Waals surface area contributed by atoms with Gasteiger partial charge in [-0.05, 0) is 37.8 Å². The van der Waals surface area contributed by atoms with Crippen LogP contribution in [-0.4, -0.2) is 33.6 Å². The molecule has 122 valence electrons. The van der Waals surface area contributed by atoms with Crippen molar-refractivity contribution in [1.29, 1.82) is 5.26 Å². The third-order valence-electron chi connectivity index (χ3n) is 4.27. The van der Waals surface area contributed by atoms with Gasteiger partial charge in [-0.15, -0.1) is 0 Å². The Hall–Kier alpha value is -2.95. The lowest BCUT2D eigenvalue weighted by molar-refractivity contribution is 0.0937. The van der Waals surface area contributed by atoms with Gasteiger partial charge >= 0.3 is 0 Å². The molecule has 0 unspecified atom stereocenters. The lowest BCUT2D eigenvalue weighted by Crippen LogP contribution is -2.27. The van der Waals surface area contributed by atoms with Gasteiger partial charge in [-0.25, -0.2) is 4.98 Å². The number of amides is 1. The van der Waals surface area contributed by atoms with Crippen LogP contribution < -0.4 is 10.2 Å². The molecule has 0 aromatic carbocycles. The van der Waals surface area contributed by atoms with Crippen LogP contribution >= 0.6 is 0 Å². The fraction of sp³-hybridized carbons (Fsp3) is 0.438. The summed E-state index contributed by atoms with van der Waals surface area (Å²) in [5.74, 6) is 0.989. The zero-order valence-corrected chi connectivity index (χ0v) is 13.0. The van der Waals surface area contributed by atoms with Crippen LogP contribution in [0.3, 0.4) is 0 Å². The van der Waals surface area contributed by atoms with E-state index in [4.69, 9.17) is 9.78 Å². The van der Waals surface area contributed by atoms with E-state index in [0.29, 0.717) is 11.5 Å². The molecule has 2 aromatic heterocycles. The number of carbonyl (C=O) groups excluding carboxylic acids is 1. The molecule has 1 amide bonds. The van der Waals surface area contributed by atoms with E-state index in [1.165, 1.54) is 0 Å². The Morgan fingerprint density at radius 3 is 2.96 bits per heavy atom. The molecule has 2 aromatic rings. The fourth-order valence-electron chi connectivity index (χ4n) is 2.86. The van der Waals surface area contributed by atoms with Gasteiger partial charge in [0.05, 0.1) is 5.56 Å². The summed E-state index contributed by atoms with van der Waals surface area (Å²) >= 11 is 0. The molecule has 1 aliphatic heterocycles. The van der Waals surface area contributed by atoms with Crippen molar-refractivity contribution in [2.24, 2.45) is 0 Å². The van der Waals surface area contributed by atoms with Crippen molar-refractivity contribution < 1.29 is 9.32 Å². The molecule has 8 nitrogen and oxygen atoms in total. The standard InChI is InChI=1S/C16H16N6O2/c17-8-10-3-6-13(18-9-10)22-7-1-2-12(22)16-20-14(21-24-16)15(23)19-11-4-5-11/h3,6,9,11-12H,1-2,4-5,7H2,(H,19,23)/t12-/m1/s1. The molecule has 0 spiro atoms. The first-order chi connectivity index (χ1) is 11.7. The van der Waals surface area contributed by atoms with Crippen LogP contribution in [0.5, 0.6) is 0 Å². The maximum Gasteiger partial charge on any atom is 0.292 e. The lowest BCUT2D eigenvalue weighted by atomic mass is 10.2. The summed E-state index contributed by atoms with van der Waals surface area (Å²) in [6.45, 7) is 0.815. The van der Waals surface area contributed by atoms with Crippen molar-refractivity contribution in [3.63, 3.8) is 0 Å². The first kappa shape index (κ1) is 14.6. The zero-order valence-electron chi connectivity index (χ0n) is 13.0. The van der Waals surface area contributed by atoms with Gasteiger partial charge < -0.3 is 14.7 Å². The van der Waals surface area contributed by atoms with Crippen LogP contribution in [0.2, 0.25) is 0 Å². The second-order valence-corrected chi connectivity index (χ2v) is 6.07. The van der Waals surface area contributed by atoms with E-state index in [1.807, 2.05) is 6.07 Å². The minimum absolute atomic E-state index is 0.0801. The van der Waals surface area contributed by atoms with Crippen LogP contribution in [-0.2, 0) is 0 Å². The first-order valence-corrected chi connectivity index (χ1v) is 8.02. The van der Waals surface area contributed by atoms with E-state index in [9.17, 15) is 4.79 Å². The molecule has 24 heavy (non-hydrogen) atoms. The number of anilines is 1. The third-order valence-corrected chi connectivity index (χ3v) is 4.27. The number of hydrogen-bond acceptors (Lipinski definition) is 7. The Morgan fingerprint density at radius 1 is 1.38 bits per heavy atom. The zero-order chi connectivity index (χ0) is 16.5. The van der Waals surface area contributed by atoms with E-state index in [1.54, 1.807) is 12.3 Å². The SMILES string of the molecule is N#Cc1ccc(N2CCC[C@@H]2c2nc(C(=O)NC3CC3)no2)nc1. The monoisotopic (exact) mass is 324 g/mol. The first-order valence-electron chi connectivity index (χ1n) is 8.02. The highest BCUT2D eigenvalue weighted by Gasteiger charge is 2.33. The normalized spacial score (nSPS) is 20.0. The van der Waals surface area contributed by atoms with E-state index < -0.39 is 0 Å². The highest BCUT2D eigenvalue weighted by Crippen LogP contribution is 2.34. The van der Waals surface area contributed by atoms with Crippen LogP contribution in [0.25, 0.3) is 0 Å². The van der Waals surface area contributed by atoms with Crippen molar-refractivity contribution in [1.82, 2.24) is 20.4 Å². The van der Waals surface area contributed by atoms with E-state index in [-0.39, 0.29) is 23.8 Å².